The topological polar surface area (TPSA) is 26.3 Å². The lowest BCUT2D eigenvalue weighted by atomic mass is 9.91. The highest BCUT2D eigenvalue weighted by Crippen LogP contribution is 2.36. The summed E-state index contributed by atoms with van der Waals surface area (Å²) in [4.78, 5) is 11.2. The first-order valence-corrected chi connectivity index (χ1v) is 3.85. The molecule has 0 aromatic rings. The van der Waals surface area contributed by atoms with E-state index >= 15 is 0 Å². The number of rotatable bonds is 1. The molecule has 1 atom stereocenters. The summed E-state index contributed by atoms with van der Waals surface area (Å²) in [5.41, 5.74) is 0.941. The second-order valence-corrected chi connectivity index (χ2v) is 3.40. The monoisotopic (exact) mass is 154 g/mol. The maximum absolute atomic E-state index is 11.2. The smallest absolute Gasteiger partial charge is 0.315 e. The zero-order valence-corrected chi connectivity index (χ0v) is 7.31. The molecular formula is C9H14O2. The van der Waals surface area contributed by atoms with Gasteiger partial charge in [0, 0.05) is 0 Å². The molecule has 0 radical (unpaired) electrons. The largest absolute Gasteiger partial charge is 0.468 e. The molecule has 2 nitrogen and oxygen atoms in total. The lowest BCUT2D eigenvalue weighted by Gasteiger charge is -2.17. The van der Waals surface area contributed by atoms with E-state index in [9.17, 15) is 4.79 Å². The number of esters is 1. The van der Waals surface area contributed by atoms with Crippen LogP contribution in [0.3, 0.4) is 0 Å². The Morgan fingerprint density at radius 2 is 2.36 bits per heavy atom. The van der Waals surface area contributed by atoms with Gasteiger partial charge < -0.3 is 4.74 Å². The molecule has 0 saturated heterocycles. The summed E-state index contributed by atoms with van der Waals surface area (Å²) in [5, 5.41) is 0. The number of hydrogen-bond donors (Lipinski definition) is 0. The molecule has 62 valence electrons. The predicted molar refractivity (Wildman–Crippen MR) is 43.1 cm³/mol. The van der Waals surface area contributed by atoms with E-state index in [4.69, 9.17) is 4.74 Å². The van der Waals surface area contributed by atoms with Crippen LogP contribution in [0.1, 0.15) is 26.7 Å². The van der Waals surface area contributed by atoms with Crippen molar-refractivity contribution in [3.8, 4) is 0 Å². The van der Waals surface area contributed by atoms with E-state index in [0.29, 0.717) is 0 Å². The van der Waals surface area contributed by atoms with Crippen LogP contribution in [0.2, 0.25) is 0 Å². The molecule has 1 aliphatic carbocycles. The number of carbonyl (C=O) groups excluding carboxylic acids is 1. The van der Waals surface area contributed by atoms with Crippen molar-refractivity contribution in [3.05, 3.63) is 11.6 Å². The van der Waals surface area contributed by atoms with Gasteiger partial charge >= 0.3 is 5.97 Å². The summed E-state index contributed by atoms with van der Waals surface area (Å²) >= 11 is 0. The van der Waals surface area contributed by atoms with E-state index in [1.807, 2.05) is 19.9 Å². The van der Waals surface area contributed by atoms with Crippen LogP contribution in [0.15, 0.2) is 11.6 Å². The van der Waals surface area contributed by atoms with Gasteiger partial charge in [-0.05, 0) is 26.7 Å². The first-order valence-electron chi connectivity index (χ1n) is 3.85. The van der Waals surface area contributed by atoms with E-state index in [-0.39, 0.29) is 11.4 Å². The second kappa shape index (κ2) is 2.68. The highest BCUT2D eigenvalue weighted by atomic mass is 16.5. The molecule has 0 aromatic carbocycles. The van der Waals surface area contributed by atoms with Crippen LogP contribution < -0.4 is 0 Å². The van der Waals surface area contributed by atoms with Crippen molar-refractivity contribution in [3.63, 3.8) is 0 Å². The van der Waals surface area contributed by atoms with Gasteiger partial charge in [-0.3, -0.25) is 4.79 Å². The Morgan fingerprint density at radius 3 is 2.73 bits per heavy atom. The van der Waals surface area contributed by atoms with Crippen molar-refractivity contribution < 1.29 is 9.53 Å². The number of carbonyl (C=O) groups is 1. The zero-order valence-electron chi connectivity index (χ0n) is 7.31. The zero-order chi connectivity index (χ0) is 8.48. The minimum Gasteiger partial charge on any atom is -0.468 e. The Kier molecular flexibility index (Phi) is 2.03. The third kappa shape index (κ3) is 1.44. The summed E-state index contributed by atoms with van der Waals surface area (Å²) in [6, 6.07) is 0. The minimum atomic E-state index is -0.348. The van der Waals surface area contributed by atoms with Crippen molar-refractivity contribution >= 4 is 5.97 Å². The fourth-order valence-corrected chi connectivity index (χ4v) is 1.54. The fourth-order valence-electron chi connectivity index (χ4n) is 1.54. The van der Waals surface area contributed by atoms with Crippen molar-refractivity contribution in [2.24, 2.45) is 5.41 Å². The first-order chi connectivity index (χ1) is 5.08. The number of hydrogen-bond acceptors (Lipinski definition) is 2. The normalized spacial score (nSPS) is 29.9. The molecule has 0 spiro atoms. The SMILES string of the molecule is COC(=O)[C@]1(C)C=C(C)CC1. The van der Waals surface area contributed by atoms with Crippen molar-refractivity contribution in [2.45, 2.75) is 26.7 Å². The third-order valence-corrected chi connectivity index (χ3v) is 2.26. The van der Waals surface area contributed by atoms with E-state index in [2.05, 4.69) is 0 Å². The van der Waals surface area contributed by atoms with E-state index in [1.54, 1.807) is 0 Å². The molecule has 1 aliphatic rings. The van der Waals surface area contributed by atoms with Crippen LogP contribution in [0.5, 0.6) is 0 Å². The average Bonchev–Trinajstić information content (AvgIpc) is 2.31. The molecule has 0 saturated carbocycles. The second-order valence-electron chi connectivity index (χ2n) is 3.40. The van der Waals surface area contributed by atoms with Gasteiger partial charge in [0.15, 0.2) is 0 Å². The van der Waals surface area contributed by atoms with Crippen LogP contribution in [0.25, 0.3) is 0 Å². The van der Waals surface area contributed by atoms with E-state index in [1.165, 1.54) is 12.7 Å². The quantitative estimate of drug-likeness (QED) is 0.426. The molecule has 0 unspecified atom stereocenters. The lowest BCUT2D eigenvalue weighted by Crippen LogP contribution is -2.24. The molecule has 0 aliphatic heterocycles. The van der Waals surface area contributed by atoms with Gasteiger partial charge in [0.25, 0.3) is 0 Å². The molecule has 2 heteroatoms. The Balaban J connectivity index is 2.77. The lowest BCUT2D eigenvalue weighted by molar-refractivity contribution is -0.148. The molecule has 0 amide bonds. The maximum atomic E-state index is 11.2. The van der Waals surface area contributed by atoms with Crippen LogP contribution in [-0.4, -0.2) is 13.1 Å². The van der Waals surface area contributed by atoms with E-state index < -0.39 is 0 Å². The predicted octanol–water partition coefficient (Wildman–Crippen LogP) is 1.91. The fraction of sp³-hybridized carbons (Fsp3) is 0.667. The van der Waals surface area contributed by atoms with Gasteiger partial charge in [0.2, 0.25) is 0 Å². The summed E-state index contributed by atoms with van der Waals surface area (Å²) in [6.45, 7) is 3.98. The number of ether oxygens (including phenoxy) is 1. The van der Waals surface area contributed by atoms with Crippen LogP contribution in [0, 0.1) is 5.41 Å². The van der Waals surface area contributed by atoms with Crippen LogP contribution in [-0.2, 0) is 9.53 Å². The molecule has 0 bridgehead atoms. The number of methoxy groups -OCH3 is 1. The number of allylic oxidation sites excluding steroid dienone is 1. The summed E-state index contributed by atoms with van der Waals surface area (Å²) in [5.74, 6) is -0.116. The molecule has 1 rings (SSSR count). The van der Waals surface area contributed by atoms with Gasteiger partial charge in [0.1, 0.15) is 0 Å². The Hall–Kier alpha value is -0.790. The molecule has 11 heavy (non-hydrogen) atoms. The van der Waals surface area contributed by atoms with Gasteiger partial charge in [0.05, 0.1) is 12.5 Å². The van der Waals surface area contributed by atoms with Gasteiger partial charge in [-0.1, -0.05) is 11.6 Å². The van der Waals surface area contributed by atoms with Crippen molar-refractivity contribution in [2.75, 3.05) is 7.11 Å². The molecule has 0 fully saturated rings. The first kappa shape index (κ1) is 8.31. The van der Waals surface area contributed by atoms with Crippen molar-refractivity contribution in [1.82, 2.24) is 0 Å². The molecule has 0 aromatic heterocycles. The molecule has 0 heterocycles. The Labute approximate surface area is 67.2 Å². The minimum absolute atomic E-state index is 0.116. The van der Waals surface area contributed by atoms with Gasteiger partial charge in [-0.15, -0.1) is 0 Å². The molecular weight excluding hydrogens is 140 g/mol. The highest BCUT2D eigenvalue weighted by molar-refractivity contribution is 5.79. The summed E-state index contributed by atoms with van der Waals surface area (Å²) in [7, 11) is 1.44. The summed E-state index contributed by atoms with van der Waals surface area (Å²) in [6.07, 6.45) is 3.93. The van der Waals surface area contributed by atoms with Crippen LogP contribution in [0.4, 0.5) is 0 Å². The summed E-state index contributed by atoms with van der Waals surface area (Å²) < 4.78 is 4.70. The van der Waals surface area contributed by atoms with E-state index in [0.717, 1.165) is 12.8 Å². The van der Waals surface area contributed by atoms with Crippen molar-refractivity contribution in [1.29, 1.82) is 0 Å². The highest BCUT2D eigenvalue weighted by Gasteiger charge is 2.35. The average molecular weight is 154 g/mol. The Morgan fingerprint density at radius 1 is 1.73 bits per heavy atom. The molecule has 0 N–H and O–H groups in total. The van der Waals surface area contributed by atoms with Gasteiger partial charge in [-0.2, -0.15) is 0 Å². The maximum Gasteiger partial charge on any atom is 0.315 e. The van der Waals surface area contributed by atoms with Crippen LogP contribution >= 0.6 is 0 Å². The van der Waals surface area contributed by atoms with Gasteiger partial charge in [-0.25, -0.2) is 0 Å². The third-order valence-electron chi connectivity index (χ3n) is 2.26. The standard InChI is InChI=1S/C9H14O2/c1-7-4-5-9(2,6-7)8(10)11-3/h6H,4-5H2,1-3H3/t9-/m0/s1. The Bertz CT molecular complexity index is 206.